The summed E-state index contributed by atoms with van der Waals surface area (Å²) in [4.78, 5) is 12.6. The third-order valence-corrected chi connectivity index (χ3v) is 6.79. The second-order valence-electron chi connectivity index (χ2n) is 6.62. The minimum atomic E-state index is -3.55. The Morgan fingerprint density at radius 1 is 1.22 bits per heavy atom. The zero-order valence-electron chi connectivity index (χ0n) is 15.7. The normalized spacial score (nSPS) is 13.7. The van der Waals surface area contributed by atoms with E-state index in [0.29, 0.717) is 24.5 Å². The number of aryl methyl sites for hydroxylation is 1. The van der Waals surface area contributed by atoms with Gasteiger partial charge in [0.1, 0.15) is 0 Å². The summed E-state index contributed by atoms with van der Waals surface area (Å²) in [5.74, 6) is 0.0454. The Bertz CT molecular complexity index is 904. The van der Waals surface area contributed by atoms with Gasteiger partial charge in [-0.1, -0.05) is 25.4 Å². The summed E-state index contributed by atoms with van der Waals surface area (Å²) in [6.45, 7) is 4.76. The zero-order chi connectivity index (χ0) is 19.4. The molecule has 7 nitrogen and oxygen atoms in total. The number of amides is 1. The van der Waals surface area contributed by atoms with E-state index in [9.17, 15) is 13.2 Å². The van der Waals surface area contributed by atoms with Gasteiger partial charge in [-0.25, -0.2) is 8.42 Å². The number of rotatable bonds is 8. The molecular weight excluding hydrogens is 366 g/mol. The molecule has 27 heavy (non-hydrogen) atoms. The summed E-state index contributed by atoms with van der Waals surface area (Å²) in [5.41, 5.74) is 2.23. The van der Waals surface area contributed by atoms with Crippen LogP contribution in [0.2, 0.25) is 0 Å². The largest absolute Gasteiger partial charge is 0.338 e. The Morgan fingerprint density at radius 2 is 1.96 bits per heavy atom. The van der Waals surface area contributed by atoms with E-state index in [4.69, 9.17) is 4.52 Å². The molecule has 1 heterocycles. The molecule has 2 aromatic rings. The quantitative estimate of drug-likeness (QED) is 0.746. The Balaban J connectivity index is 1.73. The number of sulfonamides is 1. The van der Waals surface area contributed by atoms with Crippen molar-refractivity contribution in [1.82, 2.24) is 9.46 Å². The van der Waals surface area contributed by atoms with Crippen LogP contribution in [0, 0.1) is 0 Å². The average Bonchev–Trinajstić information content (AvgIpc) is 3.27. The monoisotopic (exact) mass is 391 g/mol. The molecule has 1 N–H and O–H groups in total. The fourth-order valence-corrected chi connectivity index (χ4v) is 4.70. The Labute approximate surface area is 159 Å². The highest BCUT2D eigenvalue weighted by Gasteiger charge is 2.24. The number of hydrogen-bond donors (Lipinski definition) is 1. The van der Waals surface area contributed by atoms with Crippen molar-refractivity contribution in [3.8, 4) is 0 Å². The molecule has 1 aliphatic rings. The molecule has 1 aromatic carbocycles. The lowest BCUT2D eigenvalue weighted by Crippen LogP contribution is -2.31. The van der Waals surface area contributed by atoms with Crippen LogP contribution >= 0.6 is 0 Å². The second kappa shape index (κ2) is 8.22. The van der Waals surface area contributed by atoms with Crippen molar-refractivity contribution in [1.29, 1.82) is 0 Å². The first-order valence-corrected chi connectivity index (χ1v) is 10.8. The number of anilines is 1. The number of aromatic nitrogens is 1. The SMILES string of the molecule is CCCCN(CC)S(=O)(=O)c1ccc(C(=O)Nc2onc3c2CCC3)cc1. The maximum Gasteiger partial charge on any atom is 0.258 e. The molecule has 0 radical (unpaired) electrons. The molecule has 8 heteroatoms. The van der Waals surface area contributed by atoms with Crippen LogP contribution in [0.1, 0.15) is 54.7 Å². The minimum absolute atomic E-state index is 0.192. The fourth-order valence-electron chi connectivity index (χ4n) is 3.21. The molecule has 1 aliphatic carbocycles. The number of carbonyl (C=O) groups excluding carboxylic acids is 1. The topological polar surface area (TPSA) is 92.5 Å². The molecule has 0 atom stereocenters. The molecule has 0 unspecified atom stereocenters. The van der Waals surface area contributed by atoms with E-state index >= 15 is 0 Å². The van der Waals surface area contributed by atoms with Crippen LogP contribution in [0.15, 0.2) is 33.7 Å². The molecule has 3 rings (SSSR count). The fraction of sp³-hybridized carbons (Fsp3) is 0.474. The van der Waals surface area contributed by atoms with Crippen molar-refractivity contribution < 1.29 is 17.7 Å². The van der Waals surface area contributed by atoms with Crippen molar-refractivity contribution in [2.75, 3.05) is 18.4 Å². The zero-order valence-corrected chi connectivity index (χ0v) is 16.5. The van der Waals surface area contributed by atoms with Gasteiger partial charge >= 0.3 is 0 Å². The summed E-state index contributed by atoms with van der Waals surface area (Å²) in [7, 11) is -3.55. The molecule has 0 fully saturated rings. The average molecular weight is 391 g/mol. The van der Waals surface area contributed by atoms with Crippen LogP contribution in [0.5, 0.6) is 0 Å². The van der Waals surface area contributed by atoms with Gasteiger partial charge in [0.05, 0.1) is 10.6 Å². The Hall–Kier alpha value is -2.19. The number of nitrogens with zero attached hydrogens (tertiary/aromatic N) is 2. The van der Waals surface area contributed by atoms with Gasteiger partial charge in [0.2, 0.25) is 15.9 Å². The number of carbonyl (C=O) groups is 1. The number of benzene rings is 1. The lowest BCUT2D eigenvalue weighted by atomic mass is 10.2. The van der Waals surface area contributed by atoms with Crippen LogP contribution in [-0.2, 0) is 22.9 Å². The van der Waals surface area contributed by atoms with Gasteiger partial charge in [0.15, 0.2) is 0 Å². The lowest BCUT2D eigenvalue weighted by Gasteiger charge is -2.20. The van der Waals surface area contributed by atoms with Crippen molar-refractivity contribution in [3.63, 3.8) is 0 Å². The second-order valence-corrected chi connectivity index (χ2v) is 8.56. The maximum absolute atomic E-state index is 12.7. The first-order chi connectivity index (χ1) is 13.0. The van der Waals surface area contributed by atoms with Crippen molar-refractivity contribution in [3.05, 3.63) is 41.1 Å². The predicted molar refractivity (Wildman–Crippen MR) is 102 cm³/mol. The van der Waals surface area contributed by atoms with Gasteiger partial charge in [-0.2, -0.15) is 4.31 Å². The molecule has 0 bridgehead atoms. The Morgan fingerprint density at radius 3 is 2.63 bits per heavy atom. The van der Waals surface area contributed by atoms with Gasteiger partial charge in [0.25, 0.3) is 5.91 Å². The van der Waals surface area contributed by atoms with Crippen molar-refractivity contribution in [2.45, 2.75) is 50.8 Å². The summed E-state index contributed by atoms with van der Waals surface area (Å²) < 4.78 is 32.1. The van der Waals surface area contributed by atoms with E-state index in [1.807, 2.05) is 13.8 Å². The highest BCUT2D eigenvalue weighted by atomic mass is 32.2. The number of fused-ring (bicyclic) bond motifs is 1. The van der Waals surface area contributed by atoms with Gasteiger partial charge < -0.3 is 4.52 Å². The van der Waals surface area contributed by atoms with Crippen LogP contribution in [0.25, 0.3) is 0 Å². The van der Waals surface area contributed by atoms with Crippen LogP contribution < -0.4 is 5.32 Å². The van der Waals surface area contributed by atoms with E-state index in [1.165, 1.54) is 28.6 Å². The molecule has 0 aliphatic heterocycles. The number of nitrogens with one attached hydrogen (secondary N) is 1. The van der Waals surface area contributed by atoms with E-state index in [1.54, 1.807) is 0 Å². The van der Waals surface area contributed by atoms with Gasteiger partial charge in [-0.15, -0.1) is 0 Å². The Kier molecular flexibility index (Phi) is 5.96. The molecule has 0 saturated carbocycles. The smallest absolute Gasteiger partial charge is 0.258 e. The molecular formula is C19H25N3O4S. The van der Waals surface area contributed by atoms with E-state index in [-0.39, 0.29) is 10.8 Å². The number of hydrogen-bond acceptors (Lipinski definition) is 5. The van der Waals surface area contributed by atoms with Gasteiger partial charge in [0, 0.05) is 24.2 Å². The van der Waals surface area contributed by atoms with Crippen LogP contribution in [0.3, 0.4) is 0 Å². The maximum atomic E-state index is 12.7. The third-order valence-electron chi connectivity index (χ3n) is 4.81. The predicted octanol–water partition coefficient (Wildman–Crippen LogP) is 3.23. The van der Waals surface area contributed by atoms with E-state index < -0.39 is 10.0 Å². The van der Waals surface area contributed by atoms with Crippen molar-refractivity contribution in [2.24, 2.45) is 0 Å². The highest BCUT2D eigenvalue weighted by molar-refractivity contribution is 7.89. The van der Waals surface area contributed by atoms with E-state index in [0.717, 1.165) is 43.4 Å². The summed E-state index contributed by atoms with van der Waals surface area (Å²) in [6.07, 6.45) is 4.46. The van der Waals surface area contributed by atoms with Crippen LogP contribution in [0.4, 0.5) is 5.88 Å². The molecule has 0 spiro atoms. The molecule has 146 valence electrons. The van der Waals surface area contributed by atoms with Gasteiger partial charge in [-0.05, 0) is 49.9 Å². The minimum Gasteiger partial charge on any atom is -0.338 e. The van der Waals surface area contributed by atoms with E-state index in [2.05, 4.69) is 10.5 Å². The number of unbranched alkanes of at least 4 members (excludes halogenated alkanes) is 1. The summed E-state index contributed by atoms with van der Waals surface area (Å²) >= 11 is 0. The standard InChI is InChI=1S/C19H25N3O4S/c1-3-5-13-22(4-2)27(24,25)15-11-9-14(10-12-15)18(23)20-19-16-7-6-8-17(16)21-26-19/h9-12H,3-8,13H2,1-2H3,(H,20,23). The summed E-state index contributed by atoms with van der Waals surface area (Å²) in [5, 5.41) is 6.70. The highest BCUT2D eigenvalue weighted by Crippen LogP contribution is 2.28. The van der Waals surface area contributed by atoms with Crippen LogP contribution in [-0.4, -0.2) is 36.9 Å². The molecule has 1 amide bonds. The third kappa shape index (κ3) is 4.06. The molecule has 1 aromatic heterocycles. The van der Waals surface area contributed by atoms with Crippen molar-refractivity contribution >= 4 is 21.8 Å². The first-order valence-electron chi connectivity index (χ1n) is 9.36. The molecule has 0 saturated heterocycles. The summed E-state index contributed by atoms with van der Waals surface area (Å²) in [6, 6.07) is 5.99. The van der Waals surface area contributed by atoms with Gasteiger partial charge in [-0.3, -0.25) is 10.1 Å². The first kappa shape index (κ1) is 19.6. The lowest BCUT2D eigenvalue weighted by molar-refractivity contribution is 0.102.